The second kappa shape index (κ2) is 9.82. The predicted octanol–water partition coefficient (Wildman–Crippen LogP) is 4.77. The molecule has 9 heteroatoms. The minimum atomic E-state index is -3.73. The highest BCUT2D eigenvalue weighted by molar-refractivity contribution is 8.04. The smallest absolute Gasteiger partial charge is 0.262 e. The molecular weight excluding hydrogens is 474 g/mol. The Labute approximate surface area is 202 Å². The molecule has 0 spiro atoms. The van der Waals surface area contributed by atoms with Crippen LogP contribution in [0.3, 0.4) is 0 Å². The zero-order chi connectivity index (χ0) is 24.3. The molecule has 176 valence electrons. The summed E-state index contributed by atoms with van der Waals surface area (Å²) in [5, 5.41) is 2.83. The normalized spacial score (nSPS) is 14.3. The lowest BCUT2D eigenvalue weighted by Crippen LogP contribution is -2.17. The molecule has 0 radical (unpaired) electrons. The molecule has 34 heavy (non-hydrogen) atoms. The van der Waals surface area contributed by atoms with Crippen molar-refractivity contribution in [3.63, 3.8) is 0 Å². The van der Waals surface area contributed by atoms with Crippen LogP contribution in [0.1, 0.15) is 11.1 Å². The van der Waals surface area contributed by atoms with Crippen molar-refractivity contribution in [2.75, 3.05) is 26.6 Å². The van der Waals surface area contributed by atoms with Crippen LogP contribution in [0.4, 0.5) is 5.69 Å². The molecule has 7 nitrogen and oxygen atoms in total. The molecule has 4 rings (SSSR count). The van der Waals surface area contributed by atoms with Crippen molar-refractivity contribution in [3.8, 4) is 17.2 Å². The van der Waals surface area contributed by atoms with E-state index in [2.05, 4.69) is 5.32 Å². The number of thioether (sulfide) groups is 1. The summed E-state index contributed by atoms with van der Waals surface area (Å²) in [7, 11) is 0.831. The van der Waals surface area contributed by atoms with Crippen molar-refractivity contribution in [3.05, 3.63) is 76.7 Å². The van der Waals surface area contributed by atoms with Crippen LogP contribution in [-0.2, 0) is 20.4 Å². The number of nitrogens with one attached hydrogen (secondary N) is 1. The van der Waals surface area contributed by atoms with Crippen molar-refractivity contribution in [1.29, 1.82) is 0 Å². The number of carbonyl (C=O) groups excluding carboxylic acids is 1. The van der Waals surface area contributed by atoms with Crippen molar-refractivity contribution >= 4 is 39.3 Å². The Morgan fingerprint density at radius 3 is 2.21 bits per heavy atom. The molecule has 0 saturated heterocycles. The van der Waals surface area contributed by atoms with Gasteiger partial charge in [-0.15, -0.1) is 0 Å². The lowest BCUT2D eigenvalue weighted by Gasteiger charge is -2.20. The number of sulfone groups is 1. The molecule has 1 aliphatic rings. The highest BCUT2D eigenvalue weighted by Gasteiger charge is 2.26. The number of rotatable bonds is 7. The van der Waals surface area contributed by atoms with Crippen LogP contribution in [0.5, 0.6) is 17.2 Å². The molecule has 3 aromatic rings. The molecule has 1 amide bonds. The molecule has 0 aromatic heterocycles. The first-order valence-electron chi connectivity index (χ1n) is 10.3. The van der Waals surface area contributed by atoms with Gasteiger partial charge in [0, 0.05) is 4.90 Å². The van der Waals surface area contributed by atoms with Crippen LogP contribution in [0, 0.1) is 0 Å². The fourth-order valence-electron chi connectivity index (χ4n) is 3.52. The van der Waals surface area contributed by atoms with Gasteiger partial charge in [-0.25, -0.2) is 8.42 Å². The summed E-state index contributed by atoms with van der Waals surface area (Å²) < 4.78 is 42.4. The fourth-order valence-corrected chi connectivity index (χ4v) is 5.99. The van der Waals surface area contributed by atoms with E-state index >= 15 is 0 Å². The second-order valence-electron chi connectivity index (χ2n) is 7.40. The quantitative estimate of drug-likeness (QED) is 0.470. The van der Waals surface area contributed by atoms with Crippen LogP contribution >= 0.6 is 11.8 Å². The summed E-state index contributed by atoms with van der Waals surface area (Å²) in [5.41, 5.74) is 1.84. The van der Waals surface area contributed by atoms with Gasteiger partial charge >= 0.3 is 0 Å². The first kappa shape index (κ1) is 23.7. The number of ether oxygens (including phenoxy) is 3. The van der Waals surface area contributed by atoms with Gasteiger partial charge < -0.3 is 19.5 Å². The van der Waals surface area contributed by atoms with Crippen molar-refractivity contribution in [1.82, 2.24) is 0 Å². The van der Waals surface area contributed by atoms with E-state index in [1.807, 2.05) is 24.3 Å². The lowest BCUT2D eigenvalue weighted by molar-refractivity contribution is -0.112. The maximum Gasteiger partial charge on any atom is 0.262 e. The van der Waals surface area contributed by atoms with Gasteiger partial charge in [0.1, 0.15) is 17.2 Å². The van der Waals surface area contributed by atoms with E-state index in [1.54, 1.807) is 43.5 Å². The second-order valence-corrected chi connectivity index (χ2v) is 10.5. The van der Waals surface area contributed by atoms with Crippen LogP contribution in [0.2, 0.25) is 0 Å². The maximum absolute atomic E-state index is 13.3. The SMILES string of the molecule is COc1ccc(C=C2Sc3cc(S(=O)(=O)Cc4c(OC)cccc4OC)ccc3NC2=O)cc1. The fraction of sp³-hybridized carbons (Fsp3) is 0.160. The molecule has 1 heterocycles. The number of carbonyl (C=O) groups is 1. The zero-order valence-electron chi connectivity index (χ0n) is 18.8. The van der Waals surface area contributed by atoms with Crippen molar-refractivity contribution in [2.24, 2.45) is 0 Å². The molecule has 0 saturated carbocycles. The Kier molecular flexibility index (Phi) is 6.85. The number of anilines is 1. The van der Waals surface area contributed by atoms with Crippen molar-refractivity contribution in [2.45, 2.75) is 15.5 Å². The molecule has 0 bridgehead atoms. The molecule has 1 N–H and O–H groups in total. The topological polar surface area (TPSA) is 90.9 Å². The molecule has 0 fully saturated rings. The van der Waals surface area contributed by atoms with Gasteiger partial charge in [-0.2, -0.15) is 0 Å². The minimum Gasteiger partial charge on any atom is -0.497 e. The third kappa shape index (κ3) is 4.90. The summed E-state index contributed by atoms with van der Waals surface area (Å²) in [6.45, 7) is 0. The van der Waals surface area contributed by atoms with E-state index in [0.717, 1.165) is 11.3 Å². The zero-order valence-corrected chi connectivity index (χ0v) is 20.5. The van der Waals surface area contributed by atoms with Gasteiger partial charge in [0.2, 0.25) is 0 Å². The van der Waals surface area contributed by atoms with Gasteiger partial charge in [0.15, 0.2) is 9.84 Å². The molecule has 1 aliphatic heterocycles. The molecule has 0 unspecified atom stereocenters. The monoisotopic (exact) mass is 497 g/mol. The van der Waals surface area contributed by atoms with Gasteiger partial charge in [0.25, 0.3) is 5.91 Å². The first-order chi connectivity index (χ1) is 16.3. The average molecular weight is 498 g/mol. The Balaban J connectivity index is 1.64. The minimum absolute atomic E-state index is 0.145. The van der Waals surface area contributed by atoms with E-state index < -0.39 is 9.84 Å². The largest absolute Gasteiger partial charge is 0.497 e. The Morgan fingerprint density at radius 2 is 1.59 bits per heavy atom. The van der Waals surface area contributed by atoms with Gasteiger partial charge in [0.05, 0.1) is 48.1 Å². The lowest BCUT2D eigenvalue weighted by atomic mass is 10.2. The van der Waals surface area contributed by atoms with Crippen LogP contribution in [0.15, 0.2) is 75.4 Å². The molecular formula is C25H23NO6S2. The predicted molar refractivity (Wildman–Crippen MR) is 132 cm³/mol. The molecule has 3 aromatic carbocycles. The standard InChI is InChI=1S/C25H23NO6S2/c1-30-17-9-7-16(8-10-17)13-24-25(27)26-20-12-11-18(14-23(20)33-24)34(28,29)15-19-21(31-2)5-4-6-22(19)32-3/h4-14H,15H2,1-3H3,(H,26,27). The Bertz CT molecular complexity index is 1340. The third-order valence-electron chi connectivity index (χ3n) is 5.28. The highest BCUT2D eigenvalue weighted by atomic mass is 32.2. The van der Waals surface area contributed by atoms with E-state index in [-0.39, 0.29) is 16.6 Å². The summed E-state index contributed by atoms with van der Waals surface area (Å²) in [6.07, 6.45) is 1.75. The number of hydrogen-bond acceptors (Lipinski definition) is 7. The Hall–Kier alpha value is -3.43. The van der Waals surface area contributed by atoms with E-state index in [9.17, 15) is 13.2 Å². The third-order valence-corrected chi connectivity index (χ3v) is 8.00. The van der Waals surface area contributed by atoms with E-state index in [1.165, 1.54) is 32.0 Å². The van der Waals surface area contributed by atoms with Gasteiger partial charge in [-0.05, 0) is 54.1 Å². The number of benzene rings is 3. The highest BCUT2D eigenvalue weighted by Crippen LogP contribution is 2.41. The number of hydrogen-bond donors (Lipinski definition) is 1. The summed E-state index contributed by atoms with van der Waals surface area (Å²) in [4.78, 5) is 13.8. The molecule has 0 aliphatic carbocycles. The van der Waals surface area contributed by atoms with Crippen molar-refractivity contribution < 1.29 is 27.4 Å². The Morgan fingerprint density at radius 1 is 0.912 bits per heavy atom. The van der Waals surface area contributed by atoms with Crippen LogP contribution in [-0.4, -0.2) is 35.7 Å². The number of methoxy groups -OCH3 is 3. The maximum atomic E-state index is 13.3. The first-order valence-corrected chi connectivity index (χ1v) is 12.7. The average Bonchev–Trinajstić information content (AvgIpc) is 2.84. The van der Waals surface area contributed by atoms with Gasteiger partial charge in [-0.1, -0.05) is 30.0 Å². The summed E-state index contributed by atoms with van der Waals surface area (Å²) in [5.74, 6) is 1.06. The molecule has 0 atom stereocenters. The van der Waals surface area contributed by atoms with Gasteiger partial charge in [-0.3, -0.25) is 4.79 Å². The van der Waals surface area contributed by atoms with Crippen LogP contribution < -0.4 is 19.5 Å². The number of fused-ring (bicyclic) bond motifs is 1. The summed E-state index contributed by atoms with van der Waals surface area (Å²) in [6, 6.07) is 17.1. The number of amides is 1. The van der Waals surface area contributed by atoms with E-state index in [0.29, 0.717) is 32.6 Å². The summed E-state index contributed by atoms with van der Waals surface area (Å²) >= 11 is 1.23. The van der Waals surface area contributed by atoms with E-state index in [4.69, 9.17) is 14.2 Å². The van der Waals surface area contributed by atoms with Crippen LogP contribution in [0.25, 0.3) is 6.08 Å².